The van der Waals surface area contributed by atoms with Crippen molar-refractivity contribution in [2.24, 2.45) is 5.92 Å². The largest absolute Gasteiger partial charge is 0.457 e. The lowest BCUT2D eigenvalue weighted by Crippen LogP contribution is -2.53. The lowest BCUT2D eigenvalue weighted by atomic mass is 10.0. The molecular formula is C40H40FN3O5S. The molecule has 5 aromatic rings. The Balaban J connectivity index is 1.54. The first-order valence-electron chi connectivity index (χ1n) is 16.4. The molecule has 0 aliphatic rings. The fourth-order valence-electron chi connectivity index (χ4n) is 5.32. The van der Waals surface area contributed by atoms with E-state index in [0.29, 0.717) is 23.6 Å². The molecular weight excluding hydrogens is 654 g/mol. The Morgan fingerprint density at radius 1 is 0.720 bits per heavy atom. The molecule has 5 rings (SSSR count). The number of hydrogen-bond donors (Lipinski definition) is 1. The maximum atomic E-state index is 14.6. The average molecular weight is 694 g/mol. The Bertz CT molecular complexity index is 1940. The van der Waals surface area contributed by atoms with Crippen molar-refractivity contribution in [1.29, 1.82) is 0 Å². The summed E-state index contributed by atoms with van der Waals surface area (Å²) < 4.78 is 49.3. The summed E-state index contributed by atoms with van der Waals surface area (Å²) in [4.78, 5) is 29.9. The number of anilines is 1. The van der Waals surface area contributed by atoms with Crippen LogP contribution in [-0.4, -0.2) is 44.3 Å². The van der Waals surface area contributed by atoms with Crippen LogP contribution in [0.2, 0.25) is 0 Å². The van der Waals surface area contributed by atoms with E-state index in [1.165, 1.54) is 29.2 Å². The van der Waals surface area contributed by atoms with Crippen LogP contribution in [0.25, 0.3) is 0 Å². The van der Waals surface area contributed by atoms with Gasteiger partial charge in [0.25, 0.3) is 10.0 Å². The van der Waals surface area contributed by atoms with Crippen LogP contribution in [0.3, 0.4) is 0 Å². The van der Waals surface area contributed by atoms with Crippen molar-refractivity contribution in [2.45, 2.75) is 37.8 Å². The summed E-state index contributed by atoms with van der Waals surface area (Å²) in [6.45, 7) is 3.65. The summed E-state index contributed by atoms with van der Waals surface area (Å²) in [7, 11) is -4.26. The number of nitrogens with one attached hydrogen (secondary N) is 1. The fraction of sp³-hybridized carbons (Fsp3) is 0.200. The van der Waals surface area contributed by atoms with Crippen LogP contribution in [0, 0.1) is 11.7 Å². The molecule has 0 bridgehead atoms. The lowest BCUT2D eigenvalue weighted by molar-refractivity contribution is -0.140. The zero-order valence-electron chi connectivity index (χ0n) is 28.0. The van der Waals surface area contributed by atoms with Crippen LogP contribution in [0.5, 0.6) is 11.5 Å². The quantitative estimate of drug-likeness (QED) is 0.125. The highest BCUT2D eigenvalue weighted by Crippen LogP contribution is 2.29. The number of sulfonamides is 1. The van der Waals surface area contributed by atoms with Gasteiger partial charge in [0.15, 0.2) is 0 Å². The van der Waals surface area contributed by atoms with Gasteiger partial charge in [-0.05, 0) is 77.7 Å². The summed E-state index contributed by atoms with van der Waals surface area (Å²) in [5.74, 6) is -0.191. The molecule has 10 heteroatoms. The van der Waals surface area contributed by atoms with Crippen LogP contribution in [-0.2, 0) is 32.6 Å². The molecule has 1 atom stereocenters. The summed E-state index contributed by atoms with van der Waals surface area (Å²) in [6, 6.07) is 37.4. The molecule has 2 amide bonds. The number of para-hydroxylation sites is 1. The van der Waals surface area contributed by atoms with E-state index in [4.69, 9.17) is 4.74 Å². The molecule has 0 aliphatic heterocycles. The van der Waals surface area contributed by atoms with Gasteiger partial charge in [-0.25, -0.2) is 12.8 Å². The molecule has 0 unspecified atom stereocenters. The normalized spacial score (nSPS) is 11.8. The first-order chi connectivity index (χ1) is 24.1. The molecule has 0 spiro atoms. The van der Waals surface area contributed by atoms with Gasteiger partial charge in [-0.3, -0.25) is 13.9 Å². The first kappa shape index (κ1) is 35.8. The molecule has 8 nitrogen and oxygen atoms in total. The maximum absolute atomic E-state index is 14.6. The van der Waals surface area contributed by atoms with Gasteiger partial charge in [-0.2, -0.15) is 0 Å². The number of hydrogen-bond acceptors (Lipinski definition) is 5. The molecule has 0 aliphatic carbocycles. The van der Waals surface area contributed by atoms with Gasteiger partial charge in [0.1, 0.15) is 29.9 Å². The monoisotopic (exact) mass is 693 g/mol. The molecule has 0 saturated heterocycles. The molecule has 258 valence electrons. The van der Waals surface area contributed by atoms with E-state index in [1.807, 2.05) is 62.4 Å². The van der Waals surface area contributed by atoms with Gasteiger partial charge in [0.2, 0.25) is 11.8 Å². The predicted octanol–water partition coefficient (Wildman–Crippen LogP) is 7.23. The fourth-order valence-corrected chi connectivity index (χ4v) is 6.75. The third-order valence-corrected chi connectivity index (χ3v) is 9.72. The summed E-state index contributed by atoms with van der Waals surface area (Å²) in [6.07, 6.45) is 0.175. The summed E-state index contributed by atoms with van der Waals surface area (Å²) in [5, 5.41) is 2.96. The minimum atomic E-state index is -4.26. The molecule has 1 N–H and O–H groups in total. The van der Waals surface area contributed by atoms with Gasteiger partial charge in [-0.1, -0.05) is 92.7 Å². The predicted molar refractivity (Wildman–Crippen MR) is 193 cm³/mol. The van der Waals surface area contributed by atoms with Crippen molar-refractivity contribution in [3.63, 3.8) is 0 Å². The van der Waals surface area contributed by atoms with E-state index in [9.17, 15) is 22.4 Å². The second-order valence-electron chi connectivity index (χ2n) is 12.2. The van der Waals surface area contributed by atoms with Crippen LogP contribution in [0.15, 0.2) is 144 Å². The Labute approximate surface area is 293 Å². The SMILES string of the molecule is CC(C)CNC(=O)[C@@H](Cc1ccccc1)N(Cc1ccc(F)cc1)C(=O)CN(c1ccc(Oc2ccccc2)cc1)S(=O)(=O)c1ccccc1. The molecule has 0 heterocycles. The van der Waals surface area contributed by atoms with E-state index in [-0.39, 0.29) is 35.4 Å². The molecule has 50 heavy (non-hydrogen) atoms. The van der Waals surface area contributed by atoms with Gasteiger partial charge < -0.3 is 15.0 Å². The zero-order chi connectivity index (χ0) is 35.5. The van der Waals surface area contributed by atoms with Crippen molar-refractivity contribution >= 4 is 27.5 Å². The Hall–Kier alpha value is -5.48. The van der Waals surface area contributed by atoms with Crippen molar-refractivity contribution in [3.05, 3.63) is 156 Å². The van der Waals surface area contributed by atoms with Crippen molar-refractivity contribution in [3.8, 4) is 11.5 Å². The van der Waals surface area contributed by atoms with Crippen molar-refractivity contribution in [1.82, 2.24) is 10.2 Å². The van der Waals surface area contributed by atoms with Gasteiger partial charge in [0.05, 0.1) is 10.6 Å². The number of nitrogens with zero attached hydrogens (tertiary/aromatic N) is 2. The standard InChI is InChI=1S/C40H40FN3O5S/c1-30(2)27-42-40(46)38(26-31-12-6-3-7-13-31)43(28-32-18-20-33(41)21-19-32)39(45)29-44(50(47,48)37-16-10-5-11-17-37)34-22-24-36(25-23-34)49-35-14-8-4-9-15-35/h3-25,30,38H,26-29H2,1-2H3,(H,42,46)/t38-/m1/s1. The van der Waals surface area contributed by atoms with Crippen molar-refractivity contribution < 1.29 is 27.1 Å². The lowest BCUT2D eigenvalue weighted by Gasteiger charge is -2.34. The van der Waals surface area contributed by atoms with E-state index in [2.05, 4.69) is 5.32 Å². The average Bonchev–Trinajstić information content (AvgIpc) is 3.13. The first-order valence-corrected chi connectivity index (χ1v) is 17.8. The highest BCUT2D eigenvalue weighted by Gasteiger charge is 2.34. The minimum Gasteiger partial charge on any atom is -0.457 e. The smallest absolute Gasteiger partial charge is 0.264 e. The number of carbonyl (C=O) groups is 2. The topological polar surface area (TPSA) is 96.0 Å². The van der Waals surface area contributed by atoms with E-state index in [1.54, 1.807) is 66.7 Å². The minimum absolute atomic E-state index is 0.00184. The number of halogens is 1. The Morgan fingerprint density at radius 3 is 1.88 bits per heavy atom. The third kappa shape index (κ3) is 9.57. The highest BCUT2D eigenvalue weighted by atomic mass is 32.2. The number of benzene rings is 5. The zero-order valence-corrected chi connectivity index (χ0v) is 28.8. The number of ether oxygens (including phenoxy) is 1. The summed E-state index contributed by atoms with van der Waals surface area (Å²) >= 11 is 0. The van der Waals surface area contributed by atoms with Crippen LogP contribution in [0.4, 0.5) is 10.1 Å². The molecule has 5 aromatic carbocycles. The van der Waals surface area contributed by atoms with Crippen LogP contribution in [0.1, 0.15) is 25.0 Å². The van der Waals surface area contributed by atoms with Gasteiger partial charge in [0, 0.05) is 19.5 Å². The molecule has 0 aromatic heterocycles. The number of rotatable bonds is 15. The van der Waals surface area contributed by atoms with E-state index in [0.717, 1.165) is 9.87 Å². The van der Waals surface area contributed by atoms with Gasteiger partial charge in [-0.15, -0.1) is 0 Å². The Kier molecular flexibility index (Phi) is 12.0. The third-order valence-electron chi connectivity index (χ3n) is 7.94. The van der Waals surface area contributed by atoms with Crippen LogP contribution < -0.4 is 14.4 Å². The van der Waals surface area contributed by atoms with Crippen molar-refractivity contribution in [2.75, 3.05) is 17.4 Å². The van der Waals surface area contributed by atoms with E-state index < -0.39 is 34.3 Å². The number of amides is 2. The Morgan fingerprint density at radius 2 is 1.28 bits per heavy atom. The van der Waals surface area contributed by atoms with E-state index >= 15 is 0 Å². The molecule has 0 fully saturated rings. The second kappa shape index (κ2) is 16.8. The summed E-state index contributed by atoms with van der Waals surface area (Å²) in [5.41, 5.74) is 1.62. The number of carbonyl (C=O) groups excluding carboxylic acids is 2. The van der Waals surface area contributed by atoms with Crippen LogP contribution >= 0.6 is 0 Å². The molecule has 0 saturated carbocycles. The molecule has 0 radical (unpaired) electrons. The maximum Gasteiger partial charge on any atom is 0.264 e. The van der Waals surface area contributed by atoms with Gasteiger partial charge >= 0.3 is 0 Å². The highest BCUT2D eigenvalue weighted by molar-refractivity contribution is 7.92. The second-order valence-corrected chi connectivity index (χ2v) is 14.1.